The molecule has 1 aromatic heterocycles. The maximum atomic E-state index is 6.06. The Balaban J connectivity index is 0.00000121. The molecule has 0 saturated carbocycles. The van der Waals surface area contributed by atoms with Gasteiger partial charge in [-0.3, -0.25) is 0 Å². The fourth-order valence-electron chi connectivity index (χ4n) is 4.37. The van der Waals surface area contributed by atoms with Gasteiger partial charge in [0, 0.05) is 0 Å². The molecule has 2 aromatic rings. The predicted molar refractivity (Wildman–Crippen MR) is 117 cm³/mol. The zero-order valence-electron chi connectivity index (χ0n) is 15.5. The zero-order chi connectivity index (χ0) is 17.0. The molecule has 2 aliphatic rings. The first kappa shape index (κ1) is 21.7. The Labute approximate surface area is 170 Å². The van der Waals surface area contributed by atoms with Gasteiger partial charge in [-0.25, -0.2) is 0 Å². The van der Waals surface area contributed by atoms with Crippen LogP contribution in [0.25, 0.3) is 11.6 Å². The summed E-state index contributed by atoms with van der Waals surface area (Å²) in [7, 11) is 0. The molecule has 2 aliphatic carbocycles. The Bertz CT molecular complexity index is 991. The van der Waals surface area contributed by atoms with Crippen molar-refractivity contribution in [3.05, 3.63) is 80.6 Å². The van der Waals surface area contributed by atoms with Gasteiger partial charge in [0.05, 0.1) is 0 Å². The molecule has 0 N–H and O–H groups in total. The Morgan fingerprint density at radius 2 is 1.81 bits per heavy atom. The fraction of sp³-hybridized carbons (Fsp3) is 0.238. The van der Waals surface area contributed by atoms with Crippen LogP contribution in [0.1, 0.15) is 32.7 Å². The van der Waals surface area contributed by atoms with Crippen molar-refractivity contribution in [1.82, 2.24) is 0 Å². The van der Waals surface area contributed by atoms with Crippen molar-refractivity contribution in [2.45, 2.75) is 26.2 Å². The van der Waals surface area contributed by atoms with E-state index < -0.39 is 17.4 Å². The smallest absolute Gasteiger partial charge is 0.147 e. The summed E-state index contributed by atoms with van der Waals surface area (Å²) in [6.45, 7) is 4.36. The van der Waals surface area contributed by atoms with Crippen molar-refractivity contribution in [1.29, 1.82) is 0 Å². The van der Waals surface area contributed by atoms with Crippen LogP contribution in [0.4, 0.5) is 0 Å². The SMILES string of the molecule is Cc1ccc(C2=Cc3ccccc3[CH]2[Zr]([CH3])([CH3])(=[SiH2])[C]2=CC=CC2)o1.Cl.Cl. The molecular weight excluding hydrogens is 458 g/mol. The van der Waals surface area contributed by atoms with Gasteiger partial charge in [-0.2, -0.15) is 0 Å². The van der Waals surface area contributed by atoms with Gasteiger partial charge in [-0.1, -0.05) is 0 Å². The molecule has 0 fully saturated rings. The molecule has 0 aliphatic heterocycles. The monoisotopic (exact) mass is 482 g/mol. The second kappa shape index (κ2) is 7.43. The third-order valence-corrected chi connectivity index (χ3v) is 23.0. The van der Waals surface area contributed by atoms with Crippen LogP contribution in [-0.4, -0.2) is 6.88 Å². The van der Waals surface area contributed by atoms with E-state index in [4.69, 9.17) is 4.42 Å². The van der Waals surface area contributed by atoms with E-state index in [1.165, 1.54) is 16.7 Å². The van der Waals surface area contributed by atoms with Crippen molar-refractivity contribution in [3.63, 3.8) is 0 Å². The molecule has 4 rings (SSSR count). The van der Waals surface area contributed by atoms with Gasteiger partial charge in [0.1, 0.15) is 0 Å². The van der Waals surface area contributed by atoms with Crippen LogP contribution >= 0.6 is 24.8 Å². The van der Waals surface area contributed by atoms with Gasteiger partial charge in [0.25, 0.3) is 0 Å². The summed E-state index contributed by atoms with van der Waals surface area (Å²) in [5.41, 5.74) is 4.26. The summed E-state index contributed by atoms with van der Waals surface area (Å²) in [5, 5.41) is 0. The number of aryl methyl sites for hydroxylation is 1. The van der Waals surface area contributed by atoms with E-state index in [2.05, 4.69) is 76.8 Å². The Morgan fingerprint density at radius 1 is 1.08 bits per heavy atom. The molecule has 1 nitrogen and oxygen atoms in total. The molecular formula is C21H26Cl2OSiZr. The first-order chi connectivity index (χ1) is 11.4. The fourth-order valence-corrected chi connectivity index (χ4v) is 19.1. The number of fused-ring (bicyclic) bond motifs is 1. The average Bonchev–Trinajstić information content (AvgIpc) is 3.25. The molecule has 1 unspecified atom stereocenters. The molecule has 138 valence electrons. The van der Waals surface area contributed by atoms with Crippen molar-refractivity contribution in [2.75, 3.05) is 0 Å². The minimum absolute atomic E-state index is 0. The average molecular weight is 485 g/mol. The first-order valence-electron chi connectivity index (χ1n) is 8.66. The molecule has 5 heteroatoms. The number of hydrogen-bond donors (Lipinski definition) is 0. The van der Waals surface area contributed by atoms with E-state index >= 15 is 0 Å². The minimum Gasteiger partial charge on any atom is -0.147 e. The molecule has 1 heterocycles. The number of halogens is 2. The van der Waals surface area contributed by atoms with Gasteiger partial charge >= 0.3 is 147 Å². The summed E-state index contributed by atoms with van der Waals surface area (Å²) >= 11 is -3.17. The number of rotatable bonds is 3. The molecule has 0 saturated heterocycles. The topological polar surface area (TPSA) is 13.1 Å². The van der Waals surface area contributed by atoms with Crippen LogP contribution in [0.15, 0.2) is 62.3 Å². The van der Waals surface area contributed by atoms with Gasteiger partial charge < -0.3 is 0 Å². The van der Waals surface area contributed by atoms with E-state index in [-0.39, 0.29) is 24.8 Å². The van der Waals surface area contributed by atoms with E-state index in [0.717, 1.165) is 17.9 Å². The minimum atomic E-state index is -3.17. The number of furan rings is 1. The van der Waals surface area contributed by atoms with Crippen molar-refractivity contribution >= 4 is 43.3 Å². The summed E-state index contributed by atoms with van der Waals surface area (Å²) < 4.78 is 13.5. The van der Waals surface area contributed by atoms with Crippen LogP contribution in [0, 0.1) is 6.92 Å². The largest absolute Gasteiger partial charge is 0.147 e. The normalized spacial score (nSPS) is 18.5. The van der Waals surface area contributed by atoms with Crippen LogP contribution < -0.4 is 0 Å². The zero-order valence-corrected chi connectivity index (χ0v) is 21.0. The molecule has 0 bridgehead atoms. The van der Waals surface area contributed by atoms with E-state index in [1.54, 1.807) is 3.28 Å². The van der Waals surface area contributed by atoms with Gasteiger partial charge in [-0.05, 0) is 0 Å². The summed E-state index contributed by atoms with van der Waals surface area (Å²) in [5.74, 6) is 2.04. The van der Waals surface area contributed by atoms with Crippen LogP contribution in [0.2, 0.25) is 9.26 Å². The molecule has 0 radical (unpaired) electrons. The van der Waals surface area contributed by atoms with Gasteiger partial charge in [0.2, 0.25) is 0 Å². The number of benzene rings is 1. The van der Waals surface area contributed by atoms with Crippen molar-refractivity contribution in [3.8, 4) is 0 Å². The van der Waals surface area contributed by atoms with E-state index in [9.17, 15) is 0 Å². The summed E-state index contributed by atoms with van der Waals surface area (Å²) in [6.07, 6.45) is 10.4. The van der Waals surface area contributed by atoms with Crippen LogP contribution in [0.5, 0.6) is 0 Å². The molecule has 26 heavy (non-hydrogen) atoms. The molecule has 0 spiro atoms. The van der Waals surface area contributed by atoms with Crippen molar-refractivity contribution < 1.29 is 21.8 Å². The Morgan fingerprint density at radius 3 is 2.42 bits per heavy atom. The molecule has 1 aromatic carbocycles. The molecule has 1 atom stereocenters. The Kier molecular flexibility index (Phi) is 6.20. The predicted octanol–water partition coefficient (Wildman–Crippen LogP) is 6.20. The first-order valence-corrected chi connectivity index (χ1v) is 22.1. The Hall–Kier alpha value is -0.600. The van der Waals surface area contributed by atoms with Crippen LogP contribution in [-0.2, 0) is 17.4 Å². The maximum Gasteiger partial charge on any atom is -0.147 e. The maximum absolute atomic E-state index is 6.06. The van der Waals surface area contributed by atoms with E-state index in [0.29, 0.717) is 3.63 Å². The van der Waals surface area contributed by atoms with E-state index in [1.807, 2.05) is 6.92 Å². The van der Waals surface area contributed by atoms with Gasteiger partial charge in [0.15, 0.2) is 0 Å². The van der Waals surface area contributed by atoms with Crippen molar-refractivity contribution in [2.24, 2.45) is 0 Å². The second-order valence-corrected chi connectivity index (χ2v) is 37.9. The standard InChI is InChI=1S/C14H11O.C5H5.2CH3.2ClH.H2Si.Zr/c1-10-6-7-14(15-10)13-8-11-4-2-3-5-12(11)9-13;1-2-4-5-3-1;;;;;;/h2-9H,1H3;1-3H,4H2;2*1H3;2*1H;1H2;. The number of hydrogen-bond acceptors (Lipinski definition) is 1. The van der Waals surface area contributed by atoms with Crippen LogP contribution in [0.3, 0.4) is 0 Å². The number of allylic oxidation sites excluding steroid dienone is 5. The molecule has 0 amide bonds. The summed E-state index contributed by atoms with van der Waals surface area (Å²) in [4.78, 5) is 0. The van der Waals surface area contributed by atoms with Gasteiger partial charge in [-0.15, -0.1) is 24.8 Å². The quantitative estimate of drug-likeness (QED) is 0.473. The third-order valence-electron chi connectivity index (χ3n) is 5.71. The second-order valence-electron chi connectivity index (χ2n) is 8.21. The summed E-state index contributed by atoms with van der Waals surface area (Å²) in [6, 6.07) is 13.1. The third kappa shape index (κ3) is 3.44.